The number of nitrogens with zero attached hydrogens (tertiary/aromatic N) is 3. The Balaban J connectivity index is 1.36. The summed E-state index contributed by atoms with van der Waals surface area (Å²) in [5.41, 5.74) is 0.799. The lowest BCUT2D eigenvalue weighted by Gasteiger charge is -2.40. The lowest BCUT2D eigenvalue weighted by Crippen LogP contribution is -2.67. The molecular formula is C22H24N4O9S. The van der Waals surface area contributed by atoms with Gasteiger partial charge in [0.2, 0.25) is 17.7 Å². The van der Waals surface area contributed by atoms with Gasteiger partial charge in [-0.05, 0) is 24.5 Å². The van der Waals surface area contributed by atoms with Crippen LogP contribution in [0.2, 0.25) is 0 Å². The van der Waals surface area contributed by atoms with Gasteiger partial charge in [0.05, 0.1) is 19.4 Å². The van der Waals surface area contributed by atoms with Gasteiger partial charge in [-0.1, -0.05) is 30.3 Å². The van der Waals surface area contributed by atoms with Gasteiger partial charge in [0.1, 0.15) is 18.7 Å². The molecule has 2 aromatic rings. The summed E-state index contributed by atoms with van der Waals surface area (Å²) in [7, 11) is -4.75. The van der Waals surface area contributed by atoms with E-state index in [0.717, 1.165) is 10.5 Å². The van der Waals surface area contributed by atoms with Crippen molar-refractivity contribution in [1.82, 2.24) is 14.5 Å². The first-order valence-corrected chi connectivity index (χ1v) is 12.5. The van der Waals surface area contributed by atoms with Crippen LogP contribution in [0.1, 0.15) is 18.4 Å². The summed E-state index contributed by atoms with van der Waals surface area (Å²) in [5.74, 6) is -2.37. The molecule has 0 radical (unpaired) electrons. The van der Waals surface area contributed by atoms with Gasteiger partial charge in [-0.3, -0.25) is 28.7 Å². The fraction of sp³-hybridized carbons (Fsp3) is 0.364. The third-order valence-electron chi connectivity index (χ3n) is 5.88. The zero-order valence-electron chi connectivity index (χ0n) is 19.0. The zero-order valence-corrected chi connectivity index (χ0v) is 19.8. The minimum Gasteiger partial charge on any atom is -0.448 e. The van der Waals surface area contributed by atoms with Crippen LogP contribution in [0.15, 0.2) is 53.1 Å². The molecule has 13 nitrogen and oxygen atoms in total. The summed E-state index contributed by atoms with van der Waals surface area (Å²) >= 11 is 0. The number of hydrogen-bond acceptors (Lipinski definition) is 8. The van der Waals surface area contributed by atoms with E-state index in [0.29, 0.717) is 19.4 Å². The van der Waals surface area contributed by atoms with Crippen LogP contribution in [0, 0.1) is 0 Å². The number of benzene rings is 1. The summed E-state index contributed by atoms with van der Waals surface area (Å²) in [4.78, 5) is 52.8. The van der Waals surface area contributed by atoms with Crippen molar-refractivity contribution in [3.8, 4) is 0 Å². The molecule has 2 atom stereocenters. The molecular weight excluding hydrogens is 496 g/mol. The Morgan fingerprint density at radius 1 is 1.17 bits per heavy atom. The van der Waals surface area contributed by atoms with Gasteiger partial charge < -0.3 is 14.5 Å². The van der Waals surface area contributed by atoms with E-state index < -0.39 is 59.3 Å². The second kappa shape index (κ2) is 10.4. The summed E-state index contributed by atoms with van der Waals surface area (Å²) < 4.78 is 42.3. The van der Waals surface area contributed by atoms with Crippen molar-refractivity contribution >= 4 is 40.0 Å². The van der Waals surface area contributed by atoms with Gasteiger partial charge in [0, 0.05) is 12.6 Å². The van der Waals surface area contributed by atoms with Crippen molar-refractivity contribution in [2.75, 3.05) is 24.5 Å². The third-order valence-corrected chi connectivity index (χ3v) is 6.77. The molecule has 2 saturated heterocycles. The van der Waals surface area contributed by atoms with E-state index in [1.54, 1.807) is 12.1 Å². The Bertz CT molecular complexity index is 1230. The minimum atomic E-state index is -4.75. The van der Waals surface area contributed by atoms with Crippen LogP contribution in [-0.2, 0) is 36.0 Å². The Kier molecular flexibility index (Phi) is 7.26. The van der Waals surface area contributed by atoms with Crippen molar-refractivity contribution in [2.24, 2.45) is 0 Å². The average molecular weight is 521 g/mol. The molecule has 2 aliphatic heterocycles. The fourth-order valence-corrected chi connectivity index (χ4v) is 4.74. The highest BCUT2D eigenvalue weighted by molar-refractivity contribution is 7.84. The molecule has 2 aliphatic rings. The number of anilines is 1. The van der Waals surface area contributed by atoms with E-state index >= 15 is 0 Å². The van der Waals surface area contributed by atoms with E-state index in [1.807, 2.05) is 18.2 Å². The highest BCUT2D eigenvalue weighted by Crippen LogP contribution is 2.26. The van der Waals surface area contributed by atoms with Crippen LogP contribution in [-0.4, -0.2) is 77.7 Å². The van der Waals surface area contributed by atoms with Crippen LogP contribution >= 0.6 is 0 Å². The minimum absolute atomic E-state index is 0.0328. The van der Waals surface area contributed by atoms with Gasteiger partial charge in [-0.15, -0.1) is 0 Å². The number of amides is 4. The number of likely N-dealkylation sites (tertiary alicyclic amines) is 1. The molecule has 1 aromatic carbocycles. The first-order chi connectivity index (χ1) is 17.2. The number of carbonyl (C=O) groups is 4. The normalized spacial score (nSPS) is 19.5. The number of carbonyl (C=O) groups excluding carboxylic acids is 4. The summed E-state index contributed by atoms with van der Waals surface area (Å²) in [6.45, 7) is -0.641. The van der Waals surface area contributed by atoms with Crippen LogP contribution in [0.3, 0.4) is 0 Å². The van der Waals surface area contributed by atoms with Gasteiger partial charge >= 0.3 is 16.4 Å². The Morgan fingerprint density at radius 3 is 2.56 bits per heavy atom. The van der Waals surface area contributed by atoms with Crippen LogP contribution < -0.4 is 10.2 Å². The van der Waals surface area contributed by atoms with Crippen LogP contribution in [0.5, 0.6) is 0 Å². The Morgan fingerprint density at radius 2 is 1.92 bits per heavy atom. The molecule has 1 aromatic heterocycles. The molecule has 2 unspecified atom stereocenters. The maximum Gasteiger partial charge on any atom is 0.410 e. The molecule has 2 fully saturated rings. The summed E-state index contributed by atoms with van der Waals surface area (Å²) in [6.07, 6.45) is 1.57. The lowest BCUT2D eigenvalue weighted by molar-refractivity contribution is -0.138. The van der Waals surface area contributed by atoms with Crippen molar-refractivity contribution in [3.63, 3.8) is 0 Å². The maximum atomic E-state index is 12.9. The van der Waals surface area contributed by atoms with E-state index in [4.69, 9.17) is 13.7 Å². The smallest absolute Gasteiger partial charge is 0.410 e. The second-order valence-corrected chi connectivity index (χ2v) is 9.52. The molecule has 0 saturated carbocycles. The second-order valence-electron chi connectivity index (χ2n) is 8.19. The van der Waals surface area contributed by atoms with Crippen molar-refractivity contribution in [1.29, 1.82) is 0 Å². The van der Waals surface area contributed by atoms with Crippen molar-refractivity contribution in [3.05, 3.63) is 54.3 Å². The molecule has 4 amide bonds. The van der Waals surface area contributed by atoms with E-state index in [2.05, 4.69) is 5.32 Å². The van der Waals surface area contributed by atoms with Crippen molar-refractivity contribution in [2.45, 2.75) is 31.5 Å². The highest BCUT2D eigenvalue weighted by Gasteiger charge is 2.49. The molecule has 14 heteroatoms. The quantitative estimate of drug-likeness (QED) is 0.373. The van der Waals surface area contributed by atoms with E-state index in [9.17, 15) is 27.6 Å². The van der Waals surface area contributed by atoms with Gasteiger partial charge in [-0.2, -0.15) is 8.42 Å². The molecule has 0 spiro atoms. The van der Waals surface area contributed by atoms with Crippen LogP contribution in [0.25, 0.3) is 0 Å². The first-order valence-electron chi connectivity index (χ1n) is 11.1. The average Bonchev–Trinajstić information content (AvgIpc) is 3.55. The first kappa shape index (κ1) is 25.2. The number of nitrogens with one attached hydrogen (secondary N) is 1. The monoisotopic (exact) mass is 520 g/mol. The number of hydrogen-bond donors (Lipinski definition) is 2. The van der Waals surface area contributed by atoms with Gasteiger partial charge in [0.25, 0.3) is 5.91 Å². The van der Waals surface area contributed by atoms with Crippen LogP contribution in [0.4, 0.5) is 10.7 Å². The number of β-lactam (4-membered cyclic amide) rings is 1. The topological polar surface area (TPSA) is 167 Å². The van der Waals surface area contributed by atoms with E-state index in [-0.39, 0.29) is 16.8 Å². The number of rotatable bonds is 8. The van der Waals surface area contributed by atoms with E-state index in [1.165, 1.54) is 23.3 Å². The molecule has 4 rings (SSSR count). The molecule has 3 heterocycles. The number of ether oxygens (including phenoxy) is 1. The molecule has 0 aliphatic carbocycles. The third kappa shape index (κ3) is 5.33. The SMILES string of the molecule is O=C(NCC(=O)N(c1ccco1)C1CN(S(=O)(=O)O)C1=O)C1CCCN1C(=O)OCc1ccccc1. The predicted octanol–water partition coefficient (Wildman–Crippen LogP) is 0.544. The predicted molar refractivity (Wildman–Crippen MR) is 123 cm³/mol. The lowest BCUT2D eigenvalue weighted by atomic mass is 10.1. The highest BCUT2D eigenvalue weighted by atomic mass is 32.2. The molecule has 0 bridgehead atoms. The number of furan rings is 1. The molecule has 192 valence electrons. The maximum absolute atomic E-state index is 12.9. The standard InChI is InChI=1S/C22H24N4O9S/c27-18(26(19-9-5-11-34-19)17-13-25(21(17)29)36(31,32)33)12-23-20(28)16-8-4-10-24(16)22(30)35-14-15-6-2-1-3-7-15/h1-3,5-7,9,11,16-17H,4,8,10,12-14H2,(H,23,28)(H,31,32,33). The fourth-order valence-electron chi connectivity index (χ4n) is 4.06. The van der Waals surface area contributed by atoms with Gasteiger partial charge in [0.15, 0.2) is 0 Å². The van der Waals surface area contributed by atoms with Gasteiger partial charge in [-0.25, -0.2) is 9.10 Å². The molecule has 2 N–H and O–H groups in total. The van der Waals surface area contributed by atoms with Crippen molar-refractivity contribution < 1.29 is 41.3 Å². The summed E-state index contributed by atoms with van der Waals surface area (Å²) in [6, 6.07) is 9.87. The largest absolute Gasteiger partial charge is 0.448 e. The summed E-state index contributed by atoms with van der Waals surface area (Å²) in [5, 5.41) is 2.47. The Hall–Kier alpha value is -3.91. The molecule has 36 heavy (non-hydrogen) atoms. The Labute approximate surface area is 206 Å². The zero-order chi connectivity index (χ0) is 25.9.